The minimum atomic E-state index is -0.297. The lowest BCUT2D eigenvalue weighted by atomic mass is 10.1. The van der Waals surface area contributed by atoms with E-state index in [2.05, 4.69) is 15.3 Å². The van der Waals surface area contributed by atoms with Crippen molar-refractivity contribution in [2.75, 3.05) is 21.3 Å². The van der Waals surface area contributed by atoms with Crippen LogP contribution in [0.15, 0.2) is 36.4 Å². The molecule has 0 radical (unpaired) electrons. The molecule has 7 nitrogen and oxygen atoms in total. The third kappa shape index (κ3) is 3.28. The monoisotopic (exact) mass is 355 g/mol. The van der Waals surface area contributed by atoms with Gasteiger partial charge >= 0.3 is 0 Å². The molecule has 1 heterocycles. The van der Waals surface area contributed by atoms with E-state index in [-0.39, 0.29) is 11.9 Å². The number of amides is 1. The van der Waals surface area contributed by atoms with E-state index in [1.54, 1.807) is 12.1 Å². The fraction of sp³-hybridized carbons (Fsp3) is 0.263. The third-order valence-corrected chi connectivity index (χ3v) is 4.09. The van der Waals surface area contributed by atoms with Crippen LogP contribution >= 0.6 is 0 Å². The van der Waals surface area contributed by atoms with Crippen LogP contribution < -0.4 is 19.5 Å². The van der Waals surface area contributed by atoms with E-state index in [1.165, 1.54) is 21.3 Å². The van der Waals surface area contributed by atoms with Crippen LogP contribution in [0.4, 0.5) is 0 Å². The Kier molecular flexibility index (Phi) is 4.97. The summed E-state index contributed by atoms with van der Waals surface area (Å²) in [5.41, 5.74) is 2.19. The fourth-order valence-corrected chi connectivity index (χ4v) is 2.74. The molecule has 1 amide bonds. The molecule has 0 saturated heterocycles. The van der Waals surface area contributed by atoms with Gasteiger partial charge in [0.05, 0.1) is 38.4 Å². The summed E-state index contributed by atoms with van der Waals surface area (Å²) in [5.74, 6) is 1.71. The van der Waals surface area contributed by atoms with Crippen molar-refractivity contribution in [1.82, 2.24) is 15.3 Å². The number of H-pyrrole nitrogens is 1. The molecule has 1 atom stereocenters. The Morgan fingerprint density at radius 2 is 1.73 bits per heavy atom. The number of carbonyl (C=O) groups excluding carboxylic acids is 1. The molecule has 1 aromatic heterocycles. The van der Waals surface area contributed by atoms with Gasteiger partial charge in [-0.1, -0.05) is 12.1 Å². The van der Waals surface area contributed by atoms with Gasteiger partial charge in [-0.2, -0.15) is 0 Å². The largest absolute Gasteiger partial charge is 0.493 e. The van der Waals surface area contributed by atoms with Crippen molar-refractivity contribution >= 4 is 16.9 Å². The summed E-state index contributed by atoms with van der Waals surface area (Å²) in [6, 6.07) is 10.6. The summed E-state index contributed by atoms with van der Waals surface area (Å²) in [5, 5.41) is 2.93. The number of para-hydroxylation sites is 2. The van der Waals surface area contributed by atoms with Gasteiger partial charge in [-0.3, -0.25) is 4.79 Å². The van der Waals surface area contributed by atoms with Gasteiger partial charge in [0.15, 0.2) is 11.5 Å². The number of rotatable bonds is 6. The number of carbonyl (C=O) groups is 1. The number of hydrogen-bond acceptors (Lipinski definition) is 5. The predicted octanol–water partition coefficient (Wildman–Crippen LogP) is 3.08. The number of ether oxygens (including phenoxy) is 3. The van der Waals surface area contributed by atoms with Crippen molar-refractivity contribution < 1.29 is 19.0 Å². The molecule has 3 rings (SSSR count). The number of fused-ring (bicyclic) bond motifs is 1. The van der Waals surface area contributed by atoms with Crippen LogP contribution in [0.25, 0.3) is 11.0 Å². The number of methoxy groups -OCH3 is 3. The van der Waals surface area contributed by atoms with Crippen molar-refractivity contribution in [3.05, 3.63) is 47.8 Å². The predicted molar refractivity (Wildman–Crippen MR) is 98.1 cm³/mol. The van der Waals surface area contributed by atoms with Gasteiger partial charge in [0, 0.05) is 5.56 Å². The highest BCUT2D eigenvalue weighted by Crippen LogP contribution is 2.38. The molecule has 26 heavy (non-hydrogen) atoms. The quantitative estimate of drug-likeness (QED) is 0.710. The van der Waals surface area contributed by atoms with E-state index in [0.29, 0.717) is 28.6 Å². The molecule has 0 spiro atoms. The molecule has 0 aliphatic carbocycles. The third-order valence-electron chi connectivity index (χ3n) is 4.09. The lowest BCUT2D eigenvalue weighted by Gasteiger charge is -2.15. The van der Waals surface area contributed by atoms with Crippen molar-refractivity contribution in [3.63, 3.8) is 0 Å². The Hall–Kier alpha value is -3.22. The molecule has 136 valence electrons. The minimum Gasteiger partial charge on any atom is -0.493 e. The van der Waals surface area contributed by atoms with Crippen molar-refractivity contribution in [1.29, 1.82) is 0 Å². The van der Waals surface area contributed by atoms with Crippen LogP contribution in [0.5, 0.6) is 17.2 Å². The molecule has 0 aliphatic rings. The normalized spacial score (nSPS) is 11.8. The highest BCUT2D eigenvalue weighted by Gasteiger charge is 2.19. The molecule has 2 N–H and O–H groups in total. The number of benzene rings is 2. The van der Waals surface area contributed by atoms with Gasteiger partial charge in [0.2, 0.25) is 5.75 Å². The first-order valence-corrected chi connectivity index (χ1v) is 8.13. The Morgan fingerprint density at radius 1 is 1.08 bits per heavy atom. The second-order valence-electron chi connectivity index (χ2n) is 5.75. The Labute approximate surface area is 151 Å². The molecule has 0 unspecified atom stereocenters. The van der Waals surface area contributed by atoms with Crippen LogP contribution in [-0.2, 0) is 0 Å². The molecule has 0 bridgehead atoms. The smallest absolute Gasteiger partial charge is 0.252 e. The molecule has 0 fully saturated rings. The number of imidazole rings is 1. The first kappa shape index (κ1) is 17.6. The molecule has 0 aliphatic heterocycles. The first-order valence-electron chi connectivity index (χ1n) is 8.13. The topological polar surface area (TPSA) is 85.5 Å². The Balaban J connectivity index is 1.84. The second-order valence-corrected chi connectivity index (χ2v) is 5.75. The highest BCUT2D eigenvalue weighted by atomic mass is 16.5. The van der Waals surface area contributed by atoms with Crippen LogP contribution in [0, 0.1) is 0 Å². The van der Waals surface area contributed by atoms with Crippen molar-refractivity contribution in [3.8, 4) is 17.2 Å². The van der Waals surface area contributed by atoms with Crippen molar-refractivity contribution in [2.24, 2.45) is 0 Å². The summed E-state index contributed by atoms with van der Waals surface area (Å²) >= 11 is 0. The summed E-state index contributed by atoms with van der Waals surface area (Å²) in [6.45, 7) is 1.87. The van der Waals surface area contributed by atoms with E-state index in [4.69, 9.17) is 14.2 Å². The standard InChI is InChI=1S/C19H21N3O4/c1-11(18-21-13-7-5-6-8-14(13)22-18)20-19(23)12-9-15(24-2)17(26-4)16(10-12)25-3/h5-11H,1-4H3,(H,20,23)(H,21,22)/t11-/m1/s1. The fourth-order valence-electron chi connectivity index (χ4n) is 2.74. The lowest BCUT2D eigenvalue weighted by molar-refractivity contribution is 0.0937. The number of hydrogen-bond donors (Lipinski definition) is 2. The highest BCUT2D eigenvalue weighted by molar-refractivity contribution is 5.96. The van der Waals surface area contributed by atoms with Gasteiger partial charge in [0.25, 0.3) is 5.91 Å². The number of aromatic nitrogens is 2. The maximum atomic E-state index is 12.7. The molecular weight excluding hydrogens is 334 g/mol. The van der Waals surface area contributed by atoms with Gasteiger partial charge in [-0.15, -0.1) is 0 Å². The summed E-state index contributed by atoms with van der Waals surface area (Å²) < 4.78 is 15.9. The number of nitrogens with one attached hydrogen (secondary N) is 2. The zero-order chi connectivity index (χ0) is 18.7. The van der Waals surface area contributed by atoms with E-state index >= 15 is 0 Å². The summed E-state index contributed by atoms with van der Waals surface area (Å²) in [7, 11) is 4.54. The average Bonchev–Trinajstić information content (AvgIpc) is 3.11. The average molecular weight is 355 g/mol. The van der Waals surface area contributed by atoms with Crippen LogP contribution in [0.3, 0.4) is 0 Å². The van der Waals surface area contributed by atoms with Gasteiger partial charge < -0.3 is 24.5 Å². The summed E-state index contributed by atoms with van der Waals surface area (Å²) in [4.78, 5) is 20.4. The molecule has 0 saturated carbocycles. The second kappa shape index (κ2) is 7.35. The lowest BCUT2D eigenvalue weighted by Crippen LogP contribution is -2.27. The zero-order valence-electron chi connectivity index (χ0n) is 15.1. The van der Waals surface area contributed by atoms with E-state index in [0.717, 1.165) is 11.0 Å². The molecule has 2 aromatic carbocycles. The SMILES string of the molecule is COc1cc(C(=O)N[C@H](C)c2nc3ccccc3[nH]2)cc(OC)c1OC. The zero-order valence-corrected chi connectivity index (χ0v) is 15.1. The number of nitrogens with zero attached hydrogens (tertiary/aromatic N) is 1. The maximum absolute atomic E-state index is 12.7. The first-order chi connectivity index (χ1) is 12.6. The van der Waals surface area contributed by atoms with Crippen LogP contribution in [0.1, 0.15) is 29.1 Å². The summed E-state index contributed by atoms with van der Waals surface area (Å²) in [6.07, 6.45) is 0. The Morgan fingerprint density at radius 3 is 2.31 bits per heavy atom. The molecule has 3 aromatic rings. The van der Waals surface area contributed by atoms with Gasteiger partial charge in [0.1, 0.15) is 5.82 Å². The number of aromatic amines is 1. The van der Waals surface area contributed by atoms with Gasteiger partial charge in [-0.05, 0) is 31.2 Å². The molecule has 7 heteroatoms. The van der Waals surface area contributed by atoms with Gasteiger partial charge in [-0.25, -0.2) is 4.98 Å². The van der Waals surface area contributed by atoms with Crippen molar-refractivity contribution in [2.45, 2.75) is 13.0 Å². The molecular formula is C19H21N3O4. The van der Waals surface area contributed by atoms with E-state index in [9.17, 15) is 4.79 Å². The minimum absolute atomic E-state index is 0.266. The van der Waals surface area contributed by atoms with Crippen LogP contribution in [0.2, 0.25) is 0 Å². The van der Waals surface area contributed by atoms with E-state index < -0.39 is 0 Å². The van der Waals surface area contributed by atoms with Crippen LogP contribution in [-0.4, -0.2) is 37.2 Å². The Bertz CT molecular complexity index is 877. The maximum Gasteiger partial charge on any atom is 0.252 e. The van der Waals surface area contributed by atoms with E-state index in [1.807, 2.05) is 31.2 Å².